The van der Waals surface area contributed by atoms with E-state index in [-0.39, 0.29) is 12.5 Å². The molecule has 0 fully saturated rings. The highest BCUT2D eigenvalue weighted by molar-refractivity contribution is 6.30. The van der Waals surface area contributed by atoms with Gasteiger partial charge in [0.1, 0.15) is 0 Å². The van der Waals surface area contributed by atoms with Gasteiger partial charge in [-0.05, 0) is 49.6 Å². The van der Waals surface area contributed by atoms with Crippen molar-refractivity contribution in [3.05, 3.63) is 87.6 Å². The Hall–Kier alpha value is -2.85. The highest BCUT2D eigenvalue weighted by atomic mass is 35.5. The molecule has 0 bridgehead atoms. The number of benzene rings is 2. The number of esters is 1. The summed E-state index contributed by atoms with van der Waals surface area (Å²) in [6.45, 7) is 4.27. The van der Waals surface area contributed by atoms with Crippen LogP contribution in [0.4, 0.5) is 0 Å². The van der Waals surface area contributed by atoms with Crippen LogP contribution in [0.5, 0.6) is 0 Å². The van der Waals surface area contributed by atoms with E-state index in [1.807, 2.05) is 42.5 Å². The second-order valence-electron chi connectivity index (χ2n) is 6.49. The Morgan fingerprint density at radius 1 is 1.14 bits per heavy atom. The fraction of sp³-hybridized carbons (Fsp3) is 0.217. The molecule has 0 saturated carbocycles. The van der Waals surface area contributed by atoms with Gasteiger partial charge in [0.25, 0.3) is 5.91 Å². The Morgan fingerprint density at radius 3 is 2.57 bits per heavy atom. The lowest BCUT2D eigenvalue weighted by Crippen LogP contribution is -2.27. The zero-order valence-electron chi connectivity index (χ0n) is 15.9. The lowest BCUT2D eigenvalue weighted by molar-refractivity contribution is -0.138. The number of nitrogens with zero attached hydrogens (tertiary/aromatic N) is 1. The molecule has 0 aromatic heterocycles. The van der Waals surface area contributed by atoms with Crippen molar-refractivity contribution in [1.82, 2.24) is 4.90 Å². The standard InChI is InChI=1S/C23H22ClNO3/c1-3-28-23(27)21-16(2)25(13-12-17-8-5-4-6-9-17)22(26)20(21)15-18-10-7-11-19(24)14-18/h4-11,14-15H,3,12-13H2,1-2H3/b20-15-. The summed E-state index contributed by atoms with van der Waals surface area (Å²) >= 11 is 6.06. The molecule has 3 rings (SSSR count). The van der Waals surface area contributed by atoms with Gasteiger partial charge in [0.2, 0.25) is 0 Å². The van der Waals surface area contributed by atoms with Gasteiger partial charge < -0.3 is 9.64 Å². The van der Waals surface area contributed by atoms with Crippen molar-refractivity contribution in [2.75, 3.05) is 13.2 Å². The minimum absolute atomic E-state index is 0.198. The first-order chi connectivity index (χ1) is 13.5. The molecule has 2 aromatic rings. The molecule has 0 spiro atoms. The van der Waals surface area contributed by atoms with Crippen molar-refractivity contribution >= 4 is 29.6 Å². The molecule has 1 aliphatic rings. The van der Waals surface area contributed by atoms with E-state index in [1.165, 1.54) is 0 Å². The average molecular weight is 396 g/mol. The normalized spacial score (nSPS) is 15.5. The van der Waals surface area contributed by atoms with E-state index in [0.717, 1.165) is 11.1 Å². The number of carbonyl (C=O) groups is 2. The first kappa shape index (κ1) is 19.9. The fourth-order valence-electron chi connectivity index (χ4n) is 3.25. The minimum Gasteiger partial charge on any atom is -0.462 e. The first-order valence-corrected chi connectivity index (χ1v) is 9.60. The highest BCUT2D eigenvalue weighted by Gasteiger charge is 2.36. The lowest BCUT2D eigenvalue weighted by atomic mass is 10.0. The van der Waals surface area contributed by atoms with E-state index in [9.17, 15) is 9.59 Å². The van der Waals surface area contributed by atoms with Gasteiger partial charge >= 0.3 is 5.97 Å². The minimum atomic E-state index is -0.483. The van der Waals surface area contributed by atoms with Crippen LogP contribution in [-0.2, 0) is 20.7 Å². The number of rotatable bonds is 6. The van der Waals surface area contributed by atoms with E-state index in [4.69, 9.17) is 16.3 Å². The Labute approximate surface area is 170 Å². The maximum Gasteiger partial charge on any atom is 0.340 e. The molecule has 1 amide bonds. The number of hydrogen-bond acceptors (Lipinski definition) is 3. The lowest BCUT2D eigenvalue weighted by Gasteiger charge is -2.17. The van der Waals surface area contributed by atoms with Crippen LogP contribution in [0.15, 0.2) is 71.4 Å². The second-order valence-corrected chi connectivity index (χ2v) is 6.92. The Morgan fingerprint density at radius 2 is 1.89 bits per heavy atom. The van der Waals surface area contributed by atoms with Gasteiger partial charge in [0, 0.05) is 17.3 Å². The zero-order valence-corrected chi connectivity index (χ0v) is 16.7. The molecule has 1 heterocycles. The number of ether oxygens (including phenoxy) is 1. The van der Waals surface area contributed by atoms with Crippen LogP contribution >= 0.6 is 11.6 Å². The maximum absolute atomic E-state index is 13.1. The molecule has 2 aromatic carbocycles. The van der Waals surface area contributed by atoms with Gasteiger partial charge in [-0.15, -0.1) is 0 Å². The van der Waals surface area contributed by atoms with E-state index in [0.29, 0.717) is 34.8 Å². The second kappa shape index (κ2) is 8.89. The number of halogens is 1. The molecule has 0 saturated heterocycles. The largest absolute Gasteiger partial charge is 0.462 e. The summed E-state index contributed by atoms with van der Waals surface area (Å²) in [4.78, 5) is 27.3. The van der Waals surface area contributed by atoms with Gasteiger partial charge in [-0.2, -0.15) is 0 Å². The molecule has 4 nitrogen and oxygen atoms in total. The summed E-state index contributed by atoms with van der Waals surface area (Å²) < 4.78 is 5.20. The predicted octanol–water partition coefficient (Wildman–Crippen LogP) is 4.65. The quantitative estimate of drug-likeness (QED) is 0.528. The van der Waals surface area contributed by atoms with Crippen LogP contribution in [0.1, 0.15) is 25.0 Å². The predicted molar refractivity (Wildman–Crippen MR) is 111 cm³/mol. The first-order valence-electron chi connectivity index (χ1n) is 9.22. The maximum atomic E-state index is 13.1. The number of carbonyl (C=O) groups excluding carboxylic acids is 2. The summed E-state index contributed by atoms with van der Waals surface area (Å²) in [5.74, 6) is -0.680. The van der Waals surface area contributed by atoms with Gasteiger partial charge in [-0.3, -0.25) is 4.79 Å². The Kier molecular flexibility index (Phi) is 6.32. The SMILES string of the molecule is CCOC(=O)C1=C(C)N(CCc2ccccc2)C(=O)/C1=C\c1cccc(Cl)c1. The zero-order chi connectivity index (χ0) is 20.1. The van der Waals surface area contributed by atoms with E-state index >= 15 is 0 Å². The van der Waals surface area contributed by atoms with Crippen molar-refractivity contribution in [1.29, 1.82) is 0 Å². The van der Waals surface area contributed by atoms with Crippen LogP contribution in [-0.4, -0.2) is 29.9 Å². The molecule has 28 heavy (non-hydrogen) atoms. The fourth-order valence-corrected chi connectivity index (χ4v) is 3.45. The molecule has 0 atom stereocenters. The third kappa shape index (κ3) is 4.34. The molecular weight excluding hydrogens is 374 g/mol. The molecule has 0 unspecified atom stereocenters. The third-order valence-electron chi connectivity index (χ3n) is 4.62. The van der Waals surface area contributed by atoms with E-state index in [2.05, 4.69) is 0 Å². The Bertz CT molecular complexity index is 947. The summed E-state index contributed by atoms with van der Waals surface area (Å²) in [6.07, 6.45) is 2.40. The monoisotopic (exact) mass is 395 g/mol. The summed E-state index contributed by atoms with van der Waals surface area (Å²) in [6, 6.07) is 17.1. The van der Waals surface area contributed by atoms with Crippen molar-refractivity contribution in [3.8, 4) is 0 Å². The van der Waals surface area contributed by atoms with Gasteiger partial charge in [-0.25, -0.2) is 4.79 Å². The highest BCUT2D eigenvalue weighted by Crippen LogP contribution is 2.32. The van der Waals surface area contributed by atoms with Crippen molar-refractivity contribution in [2.24, 2.45) is 0 Å². The molecule has 144 valence electrons. The van der Waals surface area contributed by atoms with Gasteiger partial charge in [-0.1, -0.05) is 54.1 Å². The summed E-state index contributed by atoms with van der Waals surface area (Å²) in [7, 11) is 0. The topological polar surface area (TPSA) is 46.6 Å². The molecule has 1 aliphatic heterocycles. The van der Waals surface area contributed by atoms with Crippen LogP contribution in [0.2, 0.25) is 5.02 Å². The molecule has 5 heteroatoms. The third-order valence-corrected chi connectivity index (χ3v) is 4.85. The van der Waals surface area contributed by atoms with Gasteiger partial charge in [0.15, 0.2) is 0 Å². The van der Waals surface area contributed by atoms with Crippen molar-refractivity contribution in [2.45, 2.75) is 20.3 Å². The smallest absolute Gasteiger partial charge is 0.340 e. The van der Waals surface area contributed by atoms with E-state index < -0.39 is 5.97 Å². The Balaban J connectivity index is 1.94. The molecule has 0 aliphatic carbocycles. The van der Waals surface area contributed by atoms with Crippen LogP contribution in [0.3, 0.4) is 0 Å². The summed E-state index contributed by atoms with van der Waals surface area (Å²) in [5.41, 5.74) is 3.17. The van der Waals surface area contributed by atoms with Crippen LogP contribution in [0, 0.1) is 0 Å². The van der Waals surface area contributed by atoms with Crippen molar-refractivity contribution < 1.29 is 14.3 Å². The molecule has 0 N–H and O–H groups in total. The van der Waals surface area contributed by atoms with Crippen LogP contribution < -0.4 is 0 Å². The van der Waals surface area contributed by atoms with Gasteiger partial charge in [0.05, 0.1) is 17.8 Å². The molecular formula is C23H22ClNO3. The number of amides is 1. The molecule has 0 radical (unpaired) electrons. The van der Waals surface area contributed by atoms with Crippen LogP contribution in [0.25, 0.3) is 6.08 Å². The number of allylic oxidation sites excluding steroid dienone is 1. The average Bonchev–Trinajstić information content (AvgIpc) is 2.91. The summed E-state index contributed by atoms with van der Waals surface area (Å²) in [5, 5.41) is 0.569. The number of hydrogen-bond donors (Lipinski definition) is 0. The van der Waals surface area contributed by atoms with Crippen molar-refractivity contribution in [3.63, 3.8) is 0 Å². The van der Waals surface area contributed by atoms with E-state index in [1.54, 1.807) is 37.0 Å².